The zero-order valence-electron chi connectivity index (χ0n) is 28.1. The summed E-state index contributed by atoms with van der Waals surface area (Å²) >= 11 is 0. The Balaban J connectivity index is 1.07. The van der Waals surface area contributed by atoms with Crippen molar-refractivity contribution >= 4 is 34.0 Å². The lowest BCUT2D eigenvalue weighted by Gasteiger charge is -2.44. The monoisotopic (exact) mass is 659 g/mol. The first kappa shape index (κ1) is 28.8. The van der Waals surface area contributed by atoms with Gasteiger partial charge in [-0.3, -0.25) is 5.32 Å². The molecule has 0 aromatic heterocycles. The summed E-state index contributed by atoms with van der Waals surface area (Å²) in [5, 5.41) is 8.03. The molecule has 6 aromatic carbocycles. The van der Waals surface area contributed by atoms with Gasteiger partial charge in [-0.15, -0.1) is 0 Å². The van der Waals surface area contributed by atoms with Crippen LogP contribution in [0.15, 0.2) is 181 Å². The summed E-state index contributed by atoms with van der Waals surface area (Å²) in [4.78, 5) is 7.88. The molecule has 0 fully saturated rings. The highest BCUT2D eigenvalue weighted by Gasteiger charge is 2.54. The molecule has 5 aliphatic rings. The number of benzene rings is 6. The highest BCUT2D eigenvalue weighted by Crippen LogP contribution is 2.60. The van der Waals surface area contributed by atoms with Gasteiger partial charge < -0.3 is 20.0 Å². The predicted molar refractivity (Wildman–Crippen MR) is 208 cm³/mol. The van der Waals surface area contributed by atoms with Crippen molar-refractivity contribution in [1.82, 2.24) is 5.32 Å². The Morgan fingerprint density at radius 2 is 1.14 bits per heavy atom. The highest BCUT2D eigenvalue weighted by molar-refractivity contribution is 5.93. The average Bonchev–Trinajstić information content (AvgIpc) is 3.83. The Kier molecular flexibility index (Phi) is 6.34. The van der Waals surface area contributed by atoms with Gasteiger partial charge in [-0.2, -0.15) is 0 Å². The van der Waals surface area contributed by atoms with E-state index in [4.69, 9.17) is 0 Å². The van der Waals surface area contributed by atoms with Gasteiger partial charge in [0.05, 0.1) is 24.2 Å². The summed E-state index contributed by atoms with van der Waals surface area (Å²) in [6.45, 7) is 0. The van der Waals surface area contributed by atoms with Crippen molar-refractivity contribution in [3.05, 3.63) is 203 Å². The molecule has 5 atom stereocenters. The molecule has 6 aromatic rings. The largest absolute Gasteiger partial charge is 0.353 e. The van der Waals surface area contributed by atoms with E-state index in [-0.39, 0.29) is 30.5 Å². The molecular formula is C46H37N5. The van der Waals surface area contributed by atoms with Crippen LogP contribution in [0.2, 0.25) is 0 Å². The van der Waals surface area contributed by atoms with E-state index in [0.717, 1.165) is 6.42 Å². The Hall–Kier alpha value is -6.04. The number of allylic oxidation sites excluding steroid dienone is 1. The Labute approximate surface area is 298 Å². The zero-order valence-corrected chi connectivity index (χ0v) is 28.1. The first-order valence-electron chi connectivity index (χ1n) is 18.1. The number of nitrogens with one attached hydrogen (secondary N) is 2. The maximum Gasteiger partial charge on any atom is 0.156 e. The van der Waals surface area contributed by atoms with Gasteiger partial charge >= 0.3 is 0 Å². The van der Waals surface area contributed by atoms with E-state index in [9.17, 15) is 0 Å². The molecule has 5 unspecified atom stereocenters. The van der Waals surface area contributed by atoms with E-state index in [1.54, 1.807) is 0 Å². The molecule has 11 rings (SSSR count). The summed E-state index contributed by atoms with van der Waals surface area (Å²) in [6, 6.07) is 60.2. The van der Waals surface area contributed by atoms with Crippen LogP contribution in [0.1, 0.15) is 40.8 Å². The maximum atomic E-state index is 4.08. The number of hydrogen-bond acceptors (Lipinski definition) is 5. The number of anilines is 5. The lowest BCUT2D eigenvalue weighted by Crippen LogP contribution is -2.57. The molecule has 5 heteroatoms. The summed E-state index contributed by atoms with van der Waals surface area (Å²) in [5.41, 5.74) is 15.7. The standard InChI is InChI=1S/C46H37N5/c1-4-16-30(17-5-1)43-34-23-10-13-25-38(34)47-46(48-43)51-39-26-14-11-22-33(39)36-28-42-37(29-41(36)51)45-44(50(42)32-20-8-3-9-21-32)35-24-12-15-27-40(35)49(45)31-18-6-2-7-19-31/h1-28,41,43-48H,29H2. The number of fused-ring (bicyclic) bond motifs is 8. The minimum absolute atomic E-state index is 0.0644. The van der Waals surface area contributed by atoms with Crippen LogP contribution in [-0.4, -0.2) is 18.4 Å². The minimum atomic E-state index is -0.113. The number of para-hydroxylation sites is 5. The van der Waals surface area contributed by atoms with Crippen LogP contribution in [0.25, 0.3) is 5.57 Å². The first-order chi connectivity index (χ1) is 25.3. The van der Waals surface area contributed by atoms with Gasteiger partial charge in [0.15, 0.2) is 6.29 Å². The molecule has 0 spiro atoms. The van der Waals surface area contributed by atoms with E-state index in [1.165, 1.54) is 67.5 Å². The molecule has 4 aliphatic heterocycles. The number of rotatable bonds is 4. The van der Waals surface area contributed by atoms with E-state index in [1.807, 2.05) is 0 Å². The quantitative estimate of drug-likeness (QED) is 0.197. The van der Waals surface area contributed by atoms with Gasteiger partial charge in [0, 0.05) is 45.3 Å². The second-order valence-corrected chi connectivity index (χ2v) is 14.2. The second kappa shape index (κ2) is 11.2. The number of nitrogens with zero attached hydrogens (tertiary/aromatic N) is 3. The normalized spacial score (nSPS) is 23.8. The molecule has 0 amide bonds. The topological polar surface area (TPSA) is 33.8 Å². The predicted octanol–water partition coefficient (Wildman–Crippen LogP) is 9.79. The lowest BCUT2D eigenvalue weighted by atomic mass is 9.86. The van der Waals surface area contributed by atoms with Gasteiger partial charge in [0.1, 0.15) is 0 Å². The lowest BCUT2D eigenvalue weighted by molar-refractivity contribution is 0.451. The highest BCUT2D eigenvalue weighted by atomic mass is 15.4. The first-order valence-corrected chi connectivity index (χ1v) is 18.1. The molecule has 1 aliphatic carbocycles. The van der Waals surface area contributed by atoms with E-state index in [0.29, 0.717) is 0 Å². The van der Waals surface area contributed by atoms with E-state index in [2.05, 4.69) is 195 Å². The van der Waals surface area contributed by atoms with Crippen LogP contribution in [-0.2, 0) is 0 Å². The van der Waals surface area contributed by atoms with Gasteiger partial charge in [-0.05, 0) is 77.2 Å². The molecule has 2 N–H and O–H groups in total. The maximum absolute atomic E-state index is 4.08. The third kappa shape index (κ3) is 4.25. The fraction of sp³-hybridized carbons (Fsp3) is 0.130. The van der Waals surface area contributed by atoms with Crippen LogP contribution in [0.5, 0.6) is 0 Å². The third-order valence-corrected chi connectivity index (χ3v) is 11.6. The van der Waals surface area contributed by atoms with Crippen molar-refractivity contribution < 1.29 is 0 Å². The summed E-state index contributed by atoms with van der Waals surface area (Å²) < 4.78 is 0. The molecular weight excluding hydrogens is 623 g/mol. The molecule has 0 saturated carbocycles. The van der Waals surface area contributed by atoms with Gasteiger partial charge in [0.25, 0.3) is 0 Å². The van der Waals surface area contributed by atoms with Crippen LogP contribution in [0.3, 0.4) is 0 Å². The Bertz CT molecular complexity index is 2350. The summed E-state index contributed by atoms with van der Waals surface area (Å²) in [7, 11) is 0. The van der Waals surface area contributed by atoms with Crippen molar-refractivity contribution in [1.29, 1.82) is 0 Å². The van der Waals surface area contributed by atoms with Gasteiger partial charge in [0.2, 0.25) is 0 Å². The van der Waals surface area contributed by atoms with Crippen molar-refractivity contribution in [2.45, 2.75) is 36.9 Å². The third-order valence-electron chi connectivity index (χ3n) is 11.6. The second-order valence-electron chi connectivity index (χ2n) is 14.2. The Morgan fingerprint density at radius 3 is 1.90 bits per heavy atom. The van der Waals surface area contributed by atoms with Crippen molar-refractivity contribution in [2.75, 3.05) is 20.0 Å². The minimum Gasteiger partial charge on any atom is -0.353 e. The fourth-order valence-electron chi connectivity index (χ4n) is 9.55. The summed E-state index contributed by atoms with van der Waals surface area (Å²) in [6.07, 6.45) is 3.35. The van der Waals surface area contributed by atoms with Crippen LogP contribution < -0.4 is 25.3 Å². The molecule has 5 nitrogen and oxygen atoms in total. The zero-order chi connectivity index (χ0) is 33.5. The van der Waals surface area contributed by atoms with Crippen LogP contribution >= 0.6 is 0 Å². The molecule has 51 heavy (non-hydrogen) atoms. The van der Waals surface area contributed by atoms with Crippen molar-refractivity contribution in [2.24, 2.45) is 0 Å². The van der Waals surface area contributed by atoms with Gasteiger partial charge in [-0.25, -0.2) is 0 Å². The summed E-state index contributed by atoms with van der Waals surface area (Å²) in [5.74, 6) is 0. The fourth-order valence-corrected chi connectivity index (χ4v) is 9.55. The van der Waals surface area contributed by atoms with E-state index < -0.39 is 0 Å². The van der Waals surface area contributed by atoms with Crippen molar-refractivity contribution in [3.63, 3.8) is 0 Å². The molecule has 0 radical (unpaired) electrons. The van der Waals surface area contributed by atoms with Crippen LogP contribution in [0.4, 0.5) is 28.4 Å². The average molecular weight is 660 g/mol. The van der Waals surface area contributed by atoms with E-state index >= 15 is 0 Å². The van der Waals surface area contributed by atoms with Crippen molar-refractivity contribution in [3.8, 4) is 0 Å². The molecule has 246 valence electrons. The van der Waals surface area contributed by atoms with Gasteiger partial charge in [-0.1, -0.05) is 121 Å². The number of hydrogen-bond donors (Lipinski definition) is 2. The molecule has 0 saturated heterocycles. The smallest absolute Gasteiger partial charge is 0.156 e. The molecule has 0 bridgehead atoms. The van der Waals surface area contributed by atoms with Crippen LogP contribution in [0, 0.1) is 0 Å². The molecule has 4 heterocycles. The SMILES string of the molecule is C1=C2c3ccccc3N(C3Nc4ccccc4C(c4ccccc4)N3)C2CC2=C1N(c1ccccc1)C1c3ccccc3N(c3ccccc3)C21. The Morgan fingerprint density at radius 1 is 0.529 bits per heavy atom.